The first kappa shape index (κ1) is 26.5. The molecule has 1 saturated carbocycles. The number of hydrogen-bond acceptors (Lipinski definition) is 7. The highest BCUT2D eigenvalue weighted by Gasteiger charge is 2.37. The molecule has 3 aliphatic rings. The number of ether oxygens (including phenoxy) is 2. The number of methoxy groups -OCH3 is 1. The zero-order valence-corrected chi connectivity index (χ0v) is 22.6. The van der Waals surface area contributed by atoms with Crippen molar-refractivity contribution in [1.82, 2.24) is 4.90 Å². The van der Waals surface area contributed by atoms with E-state index in [1.807, 2.05) is 30.3 Å². The Labute approximate surface area is 236 Å². The molecule has 4 N–H and O–H groups in total. The van der Waals surface area contributed by atoms with Gasteiger partial charge in [0.2, 0.25) is 5.91 Å². The topological polar surface area (TPSA) is 145 Å². The van der Waals surface area contributed by atoms with E-state index in [0.717, 1.165) is 36.1 Å². The van der Waals surface area contributed by atoms with Crippen molar-refractivity contribution in [3.05, 3.63) is 88.0 Å². The third-order valence-corrected chi connectivity index (χ3v) is 8.03. The highest BCUT2D eigenvalue weighted by atomic mass is 16.5. The van der Waals surface area contributed by atoms with Gasteiger partial charge in [0.05, 0.1) is 37.4 Å². The van der Waals surface area contributed by atoms with Gasteiger partial charge in [0.25, 0.3) is 17.7 Å². The van der Waals surface area contributed by atoms with Crippen LogP contribution in [0.25, 0.3) is 0 Å². The molecule has 2 heterocycles. The van der Waals surface area contributed by atoms with Crippen LogP contribution in [0, 0.1) is 0 Å². The molecule has 10 heteroatoms. The molecule has 0 spiro atoms. The van der Waals surface area contributed by atoms with Gasteiger partial charge in [-0.2, -0.15) is 0 Å². The van der Waals surface area contributed by atoms with Crippen molar-refractivity contribution in [3.63, 3.8) is 0 Å². The number of benzene rings is 3. The van der Waals surface area contributed by atoms with Crippen LogP contribution in [-0.2, 0) is 17.9 Å². The van der Waals surface area contributed by atoms with Crippen molar-refractivity contribution in [2.75, 3.05) is 12.0 Å². The summed E-state index contributed by atoms with van der Waals surface area (Å²) < 4.78 is 11.7. The van der Waals surface area contributed by atoms with E-state index in [0.29, 0.717) is 40.4 Å². The Morgan fingerprint density at radius 3 is 2.39 bits per heavy atom. The maximum absolute atomic E-state index is 13.5. The van der Waals surface area contributed by atoms with E-state index >= 15 is 0 Å². The first-order chi connectivity index (χ1) is 19.7. The number of hydrogen-bond donors (Lipinski definition) is 2. The SMILES string of the molecule is COc1ccc(N2Cc3ccc(CN4C(=O)c5ccc(C(N)C(N)=O)cc5C4=O)cc3C2=O)cc1OC1CCCC1. The molecule has 1 atom stereocenters. The van der Waals surface area contributed by atoms with Crippen LogP contribution in [0.4, 0.5) is 5.69 Å². The highest BCUT2D eigenvalue weighted by Crippen LogP contribution is 2.38. The highest BCUT2D eigenvalue weighted by molar-refractivity contribution is 6.21. The fourth-order valence-electron chi connectivity index (χ4n) is 5.76. The Hall–Kier alpha value is -4.70. The predicted octanol–water partition coefficient (Wildman–Crippen LogP) is 3.46. The van der Waals surface area contributed by atoms with Gasteiger partial charge in [0.15, 0.2) is 11.5 Å². The summed E-state index contributed by atoms with van der Waals surface area (Å²) in [6.45, 7) is 0.381. The third-order valence-electron chi connectivity index (χ3n) is 8.03. The minimum Gasteiger partial charge on any atom is -0.493 e. The first-order valence-electron chi connectivity index (χ1n) is 13.6. The molecule has 1 unspecified atom stereocenters. The smallest absolute Gasteiger partial charge is 0.261 e. The number of fused-ring (bicyclic) bond motifs is 2. The average molecular weight is 555 g/mol. The molecule has 210 valence electrons. The molecule has 0 radical (unpaired) electrons. The van der Waals surface area contributed by atoms with E-state index in [-0.39, 0.29) is 29.7 Å². The quantitative estimate of drug-likeness (QED) is 0.406. The van der Waals surface area contributed by atoms with Crippen LogP contribution in [0.3, 0.4) is 0 Å². The molecular formula is C31H30N4O6. The largest absolute Gasteiger partial charge is 0.493 e. The second kappa shape index (κ2) is 10.4. The second-order valence-corrected chi connectivity index (χ2v) is 10.6. The van der Waals surface area contributed by atoms with Crippen LogP contribution >= 0.6 is 0 Å². The Balaban J connectivity index is 1.21. The summed E-state index contributed by atoms with van der Waals surface area (Å²) in [5, 5.41) is 0. The molecule has 0 saturated heterocycles. The zero-order valence-electron chi connectivity index (χ0n) is 22.6. The molecule has 6 rings (SSSR count). The number of rotatable bonds is 8. The molecular weight excluding hydrogens is 524 g/mol. The van der Waals surface area contributed by atoms with Gasteiger partial charge in [-0.25, -0.2) is 0 Å². The number of nitrogens with zero attached hydrogens (tertiary/aromatic N) is 2. The third kappa shape index (κ3) is 4.70. The number of imide groups is 1. The minimum atomic E-state index is -1.08. The van der Waals surface area contributed by atoms with Gasteiger partial charge in [-0.15, -0.1) is 0 Å². The summed E-state index contributed by atoms with van der Waals surface area (Å²) in [5.41, 5.74) is 14.6. The standard InChI is InChI=1S/C31H30N4O6/c1-40-25-11-9-20(14-26(25)41-21-4-2-3-5-21)34-16-19-7-6-17(12-23(19)30(34)38)15-35-29(37)22-10-8-18(27(32)28(33)36)13-24(22)31(35)39/h6-14,21,27H,2-5,15-16,32H2,1H3,(H2,33,36). The van der Waals surface area contributed by atoms with Gasteiger partial charge in [-0.3, -0.25) is 24.1 Å². The maximum Gasteiger partial charge on any atom is 0.261 e. The van der Waals surface area contributed by atoms with E-state index in [4.69, 9.17) is 20.9 Å². The van der Waals surface area contributed by atoms with Crippen LogP contribution in [0.1, 0.15) is 79.5 Å². The summed E-state index contributed by atoms with van der Waals surface area (Å²) >= 11 is 0. The summed E-state index contributed by atoms with van der Waals surface area (Å²) in [7, 11) is 1.60. The summed E-state index contributed by atoms with van der Waals surface area (Å²) in [6.07, 6.45) is 4.42. The normalized spacial score (nSPS) is 17.2. The minimum absolute atomic E-state index is 0.00791. The number of carbonyl (C=O) groups excluding carboxylic acids is 4. The maximum atomic E-state index is 13.5. The number of anilines is 1. The predicted molar refractivity (Wildman–Crippen MR) is 150 cm³/mol. The Morgan fingerprint density at radius 1 is 0.902 bits per heavy atom. The van der Waals surface area contributed by atoms with Crippen molar-refractivity contribution in [2.45, 2.75) is 50.9 Å². The monoisotopic (exact) mass is 554 g/mol. The number of nitrogens with two attached hydrogens (primary N) is 2. The van der Waals surface area contributed by atoms with E-state index in [1.165, 1.54) is 18.2 Å². The summed E-state index contributed by atoms with van der Waals surface area (Å²) in [4.78, 5) is 54.0. The second-order valence-electron chi connectivity index (χ2n) is 10.6. The van der Waals surface area contributed by atoms with Crippen molar-refractivity contribution >= 4 is 29.3 Å². The van der Waals surface area contributed by atoms with Gasteiger partial charge in [0.1, 0.15) is 6.04 Å². The van der Waals surface area contributed by atoms with Gasteiger partial charge >= 0.3 is 0 Å². The van der Waals surface area contributed by atoms with Gasteiger partial charge in [0, 0.05) is 17.3 Å². The number of amides is 4. The lowest BCUT2D eigenvalue weighted by Gasteiger charge is -2.20. The van der Waals surface area contributed by atoms with E-state index in [9.17, 15) is 19.2 Å². The molecule has 41 heavy (non-hydrogen) atoms. The molecule has 0 bridgehead atoms. The van der Waals surface area contributed by atoms with Crippen LogP contribution in [0.5, 0.6) is 11.5 Å². The lowest BCUT2D eigenvalue weighted by Crippen LogP contribution is -2.29. The molecule has 3 aromatic carbocycles. The number of primary amides is 1. The molecule has 0 aromatic heterocycles. The first-order valence-corrected chi connectivity index (χ1v) is 13.6. The van der Waals surface area contributed by atoms with Crippen molar-refractivity contribution in [3.8, 4) is 11.5 Å². The fraction of sp³-hybridized carbons (Fsp3) is 0.290. The molecule has 2 aliphatic heterocycles. The Kier molecular flexibility index (Phi) is 6.70. The van der Waals surface area contributed by atoms with Gasteiger partial charge in [-0.1, -0.05) is 18.2 Å². The van der Waals surface area contributed by atoms with Crippen LogP contribution in [0.2, 0.25) is 0 Å². The van der Waals surface area contributed by atoms with Crippen LogP contribution in [-0.4, -0.2) is 41.7 Å². The molecule has 10 nitrogen and oxygen atoms in total. The Bertz CT molecular complexity index is 1600. The van der Waals surface area contributed by atoms with Crippen molar-refractivity contribution in [2.24, 2.45) is 11.5 Å². The molecule has 4 amide bonds. The Morgan fingerprint density at radius 2 is 1.66 bits per heavy atom. The molecule has 1 fully saturated rings. The lowest BCUT2D eigenvalue weighted by atomic mass is 10.0. The van der Waals surface area contributed by atoms with Crippen molar-refractivity contribution < 1.29 is 28.7 Å². The van der Waals surface area contributed by atoms with Crippen molar-refractivity contribution in [1.29, 1.82) is 0 Å². The van der Waals surface area contributed by atoms with E-state index in [2.05, 4.69) is 0 Å². The van der Waals surface area contributed by atoms with Gasteiger partial charge in [-0.05, 0) is 72.7 Å². The van der Waals surface area contributed by atoms with Crippen LogP contribution in [0.15, 0.2) is 54.6 Å². The van der Waals surface area contributed by atoms with E-state index in [1.54, 1.807) is 18.1 Å². The average Bonchev–Trinajstić information content (AvgIpc) is 3.67. The summed E-state index contributed by atoms with van der Waals surface area (Å²) in [6, 6.07) is 14.3. The number of carbonyl (C=O) groups is 4. The van der Waals surface area contributed by atoms with Crippen LogP contribution < -0.4 is 25.8 Å². The fourth-order valence-corrected chi connectivity index (χ4v) is 5.76. The molecule has 3 aromatic rings. The molecule has 1 aliphatic carbocycles. The summed E-state index contributed by atoms with van der Waals surface area (Å²) in [5.74, 6) is -0.617. The lowest BCUT2D eigenvalue weighted by molar-refractivity contribution is -0.119. The van der Waals surface area contributed by atoms with Gasteiger partial charge < -0.3 is 25.8 Å². The zero-order chi connectivity index (χ0) is 28.8. The van der Waals surface area contributed by atoms with E-state index < -0.39 is 23.8 Å².